The molecule has 2 N–H and O–H groups in total. The minimum atomic E-state index is -5.08. The van der Waals surface area contributed by atoms with E-state index in [1.807, 2.05) is 48.2 Å². The van der Waals surface area contributed by atoms with E-state index in [4.69, 9.17) is 9.90 Å². The van der Waals surface area contributed by atoms with E-state index in [1.165, 1.54) is 0 Å². The molecule has 180 valence electrons. The monoisotopic (exact) mass is 460 g/mol. The molecule has 1 aliphatic heterocycles. The summed E-state index contributed by atoms with van der Waals surface area (Å²) in [6, 6.07) is 7.55. The van der Waals surface area contributed by atoms with Crippen LogP contribution in [0.4, 0.5) is 18.9 Å². The van der Waals surface area contributed by atoms with E-state index >= 15 is 0 Å². The Morgan fingerprint density at radius 1 is 1.16 bits per heavy atom. The van der Waals surface area contributed by atoms with E-state index in [1.54, 1.807) is 4.90 Å². The lowest BCUT2D eigenvalue weighted by Gasteiger charge is -2.31. The molecule has 1 saturated heterocycles. The number of nitrogens with zero attached hydrogens (tertiary/aromatic N) is 3. The highest BCUT2D eigenvalue weighted by Gasteiger charge is 2.38. The lowest BCUT2D eigenvalue weighted by molar-refractivity contribution is -0.192. The SMILES string of the molecule is CC(C)CN(CC(=O)N1CCNCC1)C(=O)c1cccc(N(C)C)c1.O=C(O)C(F)(F)F. The average molecular weight is 460 g/mol. The highest BCUT2D eigenvalue weighted by Crippen LogP contribution is 2.16. The van der Waals surface area contributed by atoms with Crippen molar-refractivity contribution in [1.82, 2.24) is 15.1 Å². The maximum absolute atomic E-state index is 13.0. The van der Waals surface area contributed by atoms with Gasteiger partial charge in [0.05, 0.1) is 0 Å². The summed E-state index contributed by atoms with van der Waals surface area (Å²) < 4.78 is 31.7. The lowest BCUT2D eigenvalue weighted by Crippen LogP contribution is -2.50. The van der Waals surface area contributed by atoms with Crippen molar-refractivity contribution in [2.75, 3.05) is 58.3 Å². The molecule has 0 spiro atoms. The third kappa shape index (κ3) is 9.13. The number of carboxylic acid groups (broad SMARTS) is 1. The number of nitrogens with one attached hydrogen (secondary N) is 1. The average Bonchev–Trinajstić information content (AvgIpc) is 2.72. The Morgan fingerprint density at radius 3 is 2.19 bits per heavy atom. The summed E-state index contributed by atoms with van der Waals surface area (Å²) in [6.07, 6.45) is -5.08. The van der Waals surface area contributed by atoms with E-state index in [9.17, 15) is 22.8 Å². The number of carbonyl (C=O) groups is 3. The van der Waals surface area contributed by atoms with Gasteiger partial charge in [0.2, 0.25) is 5.91 Å². The molecule has 0 saturated carbocycles. The van der Waals surface area contributed by atoms with E-state index < -0.39 is 12.1 Å². The van der Waals surface area contributed by atoms with Gasteiger partial charge in [0.25, 0.3) is 5.91 Å². The lowest BCUT2D eigenvalue weighted by atomic mass is 10.1. The topological polar surface area (TPSA) is 93.2 Å². The van der Waals surface area contributed by atoms with Gasteiger partial charge in [-0.15, -0.1) is 0 Å². The van der Waals surface area contributed by atoms with Crippen LogP contribution < -0.4 is 10.2 Å². The number of aliphatic carboxylic acids is 1. The summed E-state index contributed by atoms with van der Waals surface area (Å²) in [6.45, 7) is 7.88. The Balaban J connectivity index is 0.000000633. The fraction of sp³-hybridized carbons (Fsp3) is 0.571. The number of carbonyl (C=O) groups excluding carboxylic acids is 2. The molecule has 1 aromatic carbocycles. The molecular weight excluding hydrogens is 429 g/mol. The molecule has 2 amide bonds. The van der Waals surface area contributed by atoms with Gasteiger partial charge in [-0.25, -0.2) is 4.79 Å². The predicted octanol–water partition coefficient (Wildman–Crippen LogP) is 1.92. The van der Waals surface area contributed by atoms with Crippen molar-refractivity contribution in [3.05, 3.63) is 29.8 Å². The van der Waals surface area contributed by atoms with Crippen LogP contribution in [0.2, 0.25) is 0 Å². The fourth-order valence-corrected chi connectivity index (χ4v) is 2.94. The third-order valence-electron chi connectivity index (χ3n) is 4.52. The van der Waals surface area contributed by atoms with E-state index in [-0.39, 0.29) is 18.4 Å². The smallest absolute Gasteiger partial charge is 0.475 e. The largest absolute Gasteiger partial charge is 0.490 e. The molecule has 8 nitrogen and oxygen atoms in total. The molecule has 11 heteroatoms. The summed E-state index contributed by atoms with van der Waals surface area (Å²) in [4.78, 5) is 40.0. The van der Waals surface area contributed by atoms with Gasteiger partial charge in [-0.1, -0.05) is 19.9 Å². The molecule has 1 aromatic rings. The Hall–Kier alpha value is -2.82. The van der Waals surface area contributed by atoms with Crippen LogP contribution in [-0.4, -0.2) is 92.2 Å². The van der Waals surface area contributed by atoms with Crippen LogP contribution >= 0.6 is 0 Å². The Kier molecular flexibility index (Phi) is 10.4. The van der Waals surface area contributed by atoms with Crippen molar-refractivity contribution < 1.29 is 32.7 Å². The Morgan fingerprint density at radius 2 is 1.72 bits per heavy atom. The number of amides is 2. The third-order valence-corrected chi connectivity index (χ3v) is 4.52. The van der Waals surface area contributed by atoms with Crippen molar-refractivity contribution >= 4 is 23.5 Å². The van der Waals surface area contributed by atoms with Crippen molar-refractivity contribution in [2.24, 2.45) is 5.92 Å². The summed E-state index contributed by atoms with van der Waals surface area (Å²) in [5.74, 6) is -2.51. The molecule has 0 atom stereocenters. The number of rotatable bonds is 6. The standard InChI is InChI=1S/C19H30N4O2.C2HF3O2/c1-15(2)13-23(14-18(24)22-10-8-20-9-11-22)19(25)16-6-5-7-17(12-16)21(3)4;3-2(4,5)1(6)7/h5-7,12,15,20H,8-11,13-14H2,1-4H3;(H,6,7). The van der Waals surface area contributed by atoms with Crippen molar-refractivity contribution in [3.8, 4) is 0 Å². The number of alkyl halides is 3. The molecule has 0 bridgehead atoms. The summed E-state index contributed by atoms with van der Waals surface area (Å²) in [5, 5.41) is 10.4. The van der Waals surface area contributed by atoms with Gasteiger partial charge < -0.3 is 25.1 Å². The molecule has 1 fully saturated rings. The summed E-state index contributed by atoms with van der Waals surface area (Å²) >= 11 is 0. The van der Waals surface area contributed by atoms with Crippen LogP contribution in [0, 0.1) is 5.92 Å². The zero-order valence-electron chi connectivity index (χ0n) is 18.8. The van der Waals surface area contributed by atoms with Crippen LogP contribution in [0.15, 0.2) is 24.3 Å². The predicted molar refractivity (Wildman–Crippen MR) is 115 cm³/mol. The second kappa shape index (κ2) is 12.3. The second-order valence-corrected chi connectivity index (χ2v) is 7.96. The fourth-order valence-electron chi connectivity index (χ4n) is 2.94. The van der Waals surface area contributed by atoms with Crippen molar-refractivity contribution in [1.29, 1.82) is 0 Å². The minimum absolute atomic E-state index is 0.0271. The first-order chi connectivity index (χ1) is 14.8. The van der Waals surface area contributed by atoms with E-state index in [0.29, 0.717) is 31.1 Å². The second-order valence-electron chi connectivity index (χ2n) is 7.96. The van der Waals surface area contributed by atoms with Crippen LogP contribution in [0.3, 0.4) is 0 Å². The van der Waals surface area contributed by atoms with E-state index in [0.717, 1.165) is 18.8 Å². The highest BCUT2D eigenvalue weighted by atomic mass is 19.4. The van der Waals surface area contributed by atoms with E-state index in [2.05, 4.69) is 19.2 Å². The Bertz CT molecular complexity index is 779. The molecular formula is C21H31F3N4O4. The number of hydrogen-bond donors (Lipinski definition) is 2. The zero-order chi connectivity index (χ0) is 24.5. The number of anilines is 1. The van der Waals surface area contributed by atoms with Crippen LogP contribution in [0.5, 0.6) is 0 Å². The summed E-state index contributed by atoms with van der Waals surface area (Å²) in [5.41, 5.74) is 1.60. The van der Waals surface area contributed by atoms with Gasteiger partial charge in [0.1, 0.15) is 6.54 Å². The maximum atomic E-state index is 13.0. The number of piperazine rings is 1. The highest BCUT2D eigenvalue weighted by molar-refractivity contribution is 5.97. The van der Waals surface area contributed by atoms with Gasteiger partial charge in [-0.2, -0.15) is 13.2 Å². The van der Waals surface area contributed by atoms with Gasteiger partial charge in [0.15, 0.2) is 0 Å². The number of carboxylic acids is 1. The maximum Gasteiger partial charge on any atom is 0.490 e. The molecule has 0 unspecified atom stereocenters. The van der Waals surface area contributed by atoms with Crippen LogP contribution in [0.25, 0.3) is 0 Å². The van der Waals surface area contributed by atoms with Gasteiger partial charge in [0, 0.05) is 58.1 Å². The normalized spacial score (nSPS) is 13.8. The van der Waals surface area contributed by atoms with Crippen LogP contribution in [-0.2, 0) is 9.59 Å². The molecule has 1 aliphatic rings. The first-order valence-corrected chi connectivity index (χ1v) is 10.2. The minimum Gasteiger partial charge on any atom is -0.475 e. The quantitative estimate of drug-likeness (QED) is 0.674. The first kappa shape index (κ1) is 27.2. The summed E-state index contributed by atoms with van der Waals surface area (Å²) in [7, 11) is 3.90. The molecule has 2 rings (SSSR count). The molecule has 32 heavy (non-hydrogen) atoms. The zero-order valence-corrected chi connectivity index (χ0v) is 18.8. The van der Waals surface area contributed by atoms with Gasteiger partial charge in [-0.3, -0.25) is 9.59 Å². The van der Waals surface area contributed by atoms with Crippen molar-refractivity contribution in [3.63, 3.8) is 0 Å². The molecule has 1 heterocycles. The molecule has 0 radical (unpaired) electrons. The Labute approximate surface area is 186 Å². The number of halogens is 3. The van der Waals surface area contributed by atoms with Crippen molar-refractivity contribution in [2.45, 2.75) is 20.0 Å². The molecule has 0 aliphatic carbocycles. The molecule has 0 aromatic heterocycles. The number of benzene rings is 1. The van der Waals surface area contributed by atoms with Gasteiger partial charge in [-0.05, 0) is 24.1 Å². The van der Waals surface area contributed by atoms with Crippen LogP contribution in [0.1, 0.15) is 24.2 Å². The first-order valence-electron chi connectivity index (χ1n) is 10.2. The van der Waals surface area contributed by atoms with Gasteiger partial charge >= 0.3 is 12.1 Å². The number of hydrogen-bond acceptors (Lipinski definition) is 5.